The zero-order valence-electron chi connectivity index (χ0n) is 11.7. The predicted octanol–water partition coefficient (Wildman–Crippen LogP) is 0.248. The number of amides is 1. The van der Waals surface area contributed by atoms with Gasteiger partial charge in [-0.05, 0) is 13.3 Å². The van der Waals surface area contributed by atoms with E-state index in [2.05, 4.69) is 22.1 Å². The minimum Gasteiger partial charge on any atom is -0.351 e. The number of aromatic nitrogens is 3. The Hall–Kier alpha value is -1.35. The first-order valence-electron chi connectivity index (χ1n) is 6.57. The molecular weight excluding hydrogens is 312 g/mol. The van der Waals surface area contributed by atoms with Gasteiger partial charge in [0, 0.05) is 12.6 Å². The quantitative estimate of drug-likeness (QED) is 0.593. The molecule has 2 atom stereocenters. The second kappa shape index (κ2) is 6.61. The van der Waals surface area contributed by atoms with Crippen molar-refractivity contribution >= 4 is 27.5 Å². The lowest BCUT2D eigenvalue weighted by molar-refractivity contribution is -0.120. The van der Waals surface area contributed by atoms with Crippen LogP contribution in [0, 0.1) is 0 Å². The lowest BCUT2D eigenvalue weighted by Gasteiger charge is -2.15. The molecule has 2 rings (SSSR count). The maximum absolute atomic E-state index is 12.1. The Bertz CT molecular complexity index is 626. The van der Waals surface area contributed by atoms with E-state index in [1.165, 1.54) is 11.8 Å². The minimum atomic E-state index is -2.99. The monoisotopic (exact) mass is 330 g/mol. The largest absolute Gasteiger partial charge is 0.351 e. The summed E-state index contributed by atoms with van der Waals surface area (Å²) in [6.07, 6.45) is 3.79. The van der Waals surface area contributed by atoms with Crippen LogP contribution < -0.4 is 5.32 Å². The zero-order valence-corrected chi connectivity index (χ0v) is 13.4. The van der Waals surface area contributed by atoms with E-state index in [1.54, 1.807) is 23.9 Å². The predicted molar refractivity (Wildman–Crippen MR) is 80.7 cm³/mol. The lowest BCUT2D eigenvalue weighted by Crippen LogP contribution is -2.40. The number of rotatable bonds is 6. The molecule has 0 spiro atoms. The Morgan fingerprint density at radius 1 is 1.71 bits per heavy atom. The van der Waals surface area contributed by atoms with E-state index in [4.69, 9.17) is 0 Å². The molecule has 1 fully saturated rings. The van der Waals surface area contributed by atoms with Crippen LogP contribution in [-0.4, -0.2) is 51.9 Å². The number of thioether (sulfide) groups is 1. The van der Waals surface area contributed by atoms with Gasteiger partial charge >= 0.3 is 0 Å². The fourth-order valence-corrected chi connectivity index (χ4v) is 4.55. The standard InChI is InChI=1S/C12H18N4O3S2/c1-3-5-16-8-13-15-12(16)20-9(2)11(17)14-10-4-6-21(18,19)7-10/h3,8-10H,1,4-7H2,2H3,(H,14,17)/t9-,10-/m0/s1. The van der Waals surface area contributed by atoms with Crippen molar-refractivity contribution in [2.45, 2.75) is 36.3 Å². The Morgan fingerprint density at radius 2 is 2.48 bits per heavy atom. The lowest BCUT2D eigenvalue weighted by atomic mass is 10.2. The first-order chi connectivity index (χ1) is 9.91. The average molecular weight is 330 g/mol. The molecule has 0 aliphatic carbocycles. The third-order valence-corrected chi connectivity index (χ3v) is 6.00. The highest BCUT2D eigenvalue weighted by Crippen LogP contribution is 2.21. The molecule has 7 nitrogen and oxygen atoms in total. The van der Waals surface area contributed by atoms with Crippen molar-refractivity contribution in [3.8, 4) is 0 Å². The molecule has 1 aliphatic rings. The van der Waals surface area contributed by atoms with E-state index in [-0.39, 0.29) is 28.7 Å². The van der Waals surface area contributed by atoms with Gasteiger partial charge in [-0.1, -0.05) is 17.8 Å². The number of nitrogens with one attached hydrogen (secondary N) is 1. The normalized spacial score (nSPS) is 21.9. The molecule has 0 bridgehead atoms. The average Bonchev–Trinajstić information content (AvgIpc) is 2.97. The van der Waals surface area contributed by atoms with E-state index >= 15 is 0 Å². The Balaban J connectivity index is 1.91. The highest BCUT2D eigenvalue weighted by molar-refractivity contribution is 8.00. The summed E-state index contributed by atoms with van der Waals surface area (Å²) in [4.78, 5) is 12.1. The number of sulfone groups is 1. The smallest absolute Gasteiger partial charge is 0.233 e. The van der Waals surface area contributed by atoms with Gasteiger partial charge in [-0.3, -0.25) is 4.79 Å². The van der Waals surface area contributed by atoms with Gasteiger partial charge in [-0.2, -0.15) is 0 Å². The van der Waals surface area contributed by atoms with Crippen molar-refractivity contribution in [1.82, 2.24) is 20.1 Å². The highest BCUT2D eigenvalue weighted by atomic mass is 32.2. The molecule has 21 heavy (non-hydrogen) atoms. The van der Waals surface area contributed by atoms with Gasteiger partial charge in [0.05, 0.1) is 16.8 Å². The molecule has 0 unspecified atom stereocenters. The summed E-state index contributed by atoms with van der Waals surface area (Å²) in [5.74, 6) is -0.00846. The first-order valence-corrected chi connectivity index (χ1v) is 9.27. The number of nitrogens with zero attached hydrogens (tertiary/aromatic N) is 3. The molecule has 1 saturated heterocycles. The summed E-state index contributed by atoms with van der Waals surface area (Å²) < 4.78 is 24.5. The number of hydrogen-bond donors (Lipinski definition) is 1. The van der Waals surface area contributed by atoms with E-state index in [1.807, 2.05) is 0 Å². The number of carbonyl (C=O) groups excluding carboxylic acids is 1. The Kier molecular flexibility index (Phi) is 5.04. The summed E-state index contributed by atoms with van der Waals surface area (Å²) in [6.45, 7) is 5.99. The maximum atomic E-state index is 12.1. The van der Waals surface area contributed by atoms with Gasteiger partial charge in [-0.25, -0.2) is 8.42 Å². The Morgan fingerprint density at radius 3 is 3.10 bits per heavy atom. The van der Waals surface area contributed by atoms with Crippen LogP contribution in [0.25, 0.3) is 0 Å². The van der Waals surface area contributed by atoms with Crippen LogP contribution in [0.5, 0.6) is 0 Å². The van der Waals surface area contributed by atoms with Gasteiger partial charge in [0.25, 0.3) is 0 Å². The van der Waals surface area contributed by atoms with Gasteiger partial charge in [0.2, 0.25) is 5.91 Å². The third-order valence-electron chi connectivity index (χ3n) is 3.14. The van der Waals surface area contributed by atoms with Crippen LogP contribution in [-0.2, 0) is 21.2 Å². The van der Waals surface area contributed by atoms with Gasteiger partial charge in [-0.15, -0.1) is 16.8 Å². The molecule has 1 aliphatic heterocycles. The van der Waals surface area contributed by atoms with Crippen molar-refractivity contribution < 1.29 is 13.2 Å². The molecule has 0 aromatic carbocycles. The van der Waals surface area contributed by atoms with Crippen molar-refractivity contribution in [3.05, 3.63) is 19.0 Å². The van der Waals surface area contributed by atoms with Gasteiger partial charge < -0.3 is 9.88 Å². The maximum Gasteiger partial charge on any atom is 0.233 e. The molecule has 2 heterocycles. The number of hydrogen-bond acceptors (Lipinski definition) is 6. The molecule has 1 aromatic heterocycles. The fourth-order valence-electron chi connectivity index (χ4n) is 2.04. The molecule has 0 saturated carbocycles. The molecule has 0 radical (unpaired) electrons. The summed E-state index contributed by atoms with van der Waals surface area (Å²) >= 11 is 1.29. The van der Waals surface area contributed by atoms with Gasteiger partial charge in [0.1, 0.15) is 6.33 Å². The SMILES string of the molecule is C=CCn1cnnc1S[C@@H](C)C(=O)N[C@H]1CCS(=O)(=O)C1. The molecule has 1 aromatic rings. The van der Waals surface area contributed by atoms with E-state index in [0.29, 0.717) is 18.1 Å². The summed E-state index contributed by atoms with van der Waals surface area (Å²) in [5.41, 5.74) is 0. The second-order valence-electron chi connectivity index (χ2n) is 4.92. The minimum absolute atomic E-state index is 0.0305. The molecule has 116 valence electrons. The molecule has 9 heteroatoms. The van der Waals surface area contributed by atoms with E-state index in [0.717, 1.165) is 0 Å². The molecule has 1 amide bonds. The van der Waals surface area contributed by atoms with E-state index in [9.17, 15) is 13.2 Å². The second-order valence-corrected chi connectivity index (χ2v) is 8.46. The highest BCUT2D eigenvalue weighted by Gasteiger charge is 2.30. The van der Waals surface area contributed by atoms with Crippen LogP contribution in [0.4, 0.5) is 0 Å². The van der Waals surface area contributed by atoms with Crippen molar-refractivity contribution in [1.29, 1.82) is 0 Å². The van der Waals surface area contributed by atoms with Crippen molar-refractivity contribution in [2.75, 3.05) is 11.5 Å². The number of allylic oxidation sites excluding steroid dienone is 1. The van der Waals surface area contributed by atoms with Crippen LogP contribution >= 0.6 is 11.8 Å². The van der Waals surface area contributed by atoms with Gasteiger partial charge in [0.15, 0.2) is 15.0 Å². The summed E-state index contributed by atoms with van der Waals surface area (Å²) in [5, 5.41) is 10.8. The van der Waals surface area contributed by atoms with Crippen LogP contribution in [0.15, 0.2) is 24.1 Å². The zero-order chi connectivity index (χ0) is 15.5. The fraction of sp³-hybridized carbons (Fsp3) is 0.583. The van der Waals surface area contributed by atoms with Crippen LogP contribution in [0.3, 0.4) is 0 Å². The van der Waals surface area contributed by atoms with E-state index < -0.39 is 9.84 Å². The molecular formula is C12H18N4O3S2. The topological polar surface area (TPSA) is 93.9 Å². The summed E-state index contributed by atoms with van der Waals surface area (Å²) in [6, 6.07) is -0.281. The first kappa shape index (κ1) is 16.0. The van der Waals surface area contributed by atoms with Crippen LogP contribution in [0.2, 0.25) is 0 Å². The third kappa shape index (κ3) is 4.31. The Labute approximate surface area is 128 Å². The van der Waals surface area contributed by atoms with Crippen molar-refractivity contribution in [2.24, 2.45) is 0 Å². The molecule has 1 N–H and O–H groups in total. The van der Waals surface area contributed by atoms with Crippen molar-refractivity contribution in [3.63, 3.8) is 0 Å². The summed E-state index contributed by atoms with van der Waals surface area (Å²) in [7, 11) is -2.99. The van der Waals surface area contributed by atoms with Crippen LogP contribution in [0.1, 0.15) is 13.3 Å². The number of carbonyl (C=O) groups is 1.